The number of hydrogen-bond acceptors (Lipinski definition) is 6. The Bertz CT molecular complexity index is 1270. The van der Waals surface area contributed by atoms with E-state index in [0.717, 1.165) is 16.7 Å². The summed E-state index contributed by atoms with van der Waals surface area (Å²) in [7, 11) is 1.59. The van der Waals surface area contributed by atoms with Gasteiger partial charge in [0.15, 0.2) is 5.82 Å². The van der Waals surface area contributed by atoms with Gasteiger partial charge in [0, 0.05) is 5.56 Å². The minimum absolute atomic E-state index is 0.141. The molecule has 4 aromatic rings. The lowest BCUT2D eigenvalue weighted by atomic mass is 10.0. The molecule has 5 rings (SSSR count). The van der Waals surface area contributed by atoms with E-state index in [1.165, 1.54) is 11.8 Å². The highest BCUT2D eigenvalue weighted by molar-refractivity contribution is 8.00. The maximum absolute atomic E-state index is 13.5. The number of carbonyl (C=O) groups excluding carboxylic acids is 1. The van der Waals surface area contributed by atoms with Gasteiger partial charge in [-0.1, -0.05) is 84.1 Å². The van der Waals surface area contributed by atoms with Crippen molar-refractivity contribution in [3.63, 3.8) is 0 Å². The number of ether oxygens (including phenoxy) is 1. The van der Waals surface area contributed by atoms with Crippen LogP contribution < -0.4 is 15.5 Å². The summed E-state index contributed by atoms with van der Waals surface area (Å²) >= 11 is 1.39. The largest absolute Gasteiger partial charge is 0.495 e. The molecule has 7 nitrogen and oxygen atoms in total. The lowest BCUT2D eigenvalue weighted by Crippen LogP contribution is -2.41. The third-order valence-corrected chi connectivity index (χ3v) is 6.74. The fraction of sp³-hybridized carbons (Fsp3) is 0.160. The van der Waals surface area contributed by atoms with Gasteiger partial charge in [-0.15, -0.1) is 10.2 Å². The van der Waals surface area contributed by atoms with E-state index in [0.29, 0.717) is 22.4 Å². The number of thioether (sulfide) groups is 1. The summed E-state index contributed by atoms with van der Waals surface area (Å²) in [4.78, 5) is 13.5. The molecule has 0 radical (unpaired) electrons. The van der Waals surface area contributed by atoms with Crippen LogP contribution in [-0.2, 0) is 4.79 Å². The monoisotopic (exact) mass is 457 g/mol. The predicted octanol–water partition coefficient (Wildman–Crippen LogP) is 4.66. The summed E-state index contributed by atoms with van der Waals surface area (Å²) in [5.41, 5.74) is 7.25. The highest BCUT2D eigenvalue weighted by atomic mass is 32.2. The molecular weight excluding hydrogens is 434 g/mol. The van der Waals surface area contributed by atoms with Gasteiger partial charge in [0.05, 0.1) is 18.8 Å². The Hall–Kier alpha value is -3.78. The van der Waals surface area contributed by atoms with Crippen LogP contribution in [-0.4, -0.2) is 33.1 Å². The number of anilines is 1. The quantitative estimate of drug-likeness (QED) is 0.454. The molecule has 2 heterocycles. The zero-order chi connectivity index (χ0) is 22.8. The second-order valence-electron chi connectivity index (χ2n) is 7.75. The predicted molar refractivity (Wildman–Crippen MR) is 130 cm³/mol. The number of aromatic nitrogens is 3. The minimum atomic E-state index is -0.474. The van der Waals surface area contributed by atoms with E-state index in [4.69, 9.17) is 4.74 Å². The van der Waals surface area contributed by atoms with Gasteiger partial charge in [0.1, 0.15) is 11.0 Å². The third kappa shape index (κ3) is 4.17. The number of methoxy groups -OCH3 is 1. The first-order valence-corrected chi connectivity index (χ1v) is 11.5. The number of para-hydroxylation sites is 2. The van der Waals surface area contributed by atoms with Crippen LogP contribution in [0.15, 0.2) is 84.0 Å². The number of hydrogen-bond donors (Lipinski definition) is 2. The number of carbonyl (C=O) groups is 1. The Morgan fingerprint density at radius 3 is 2.48 bits per heavy atom. The van der Waals surface area contributed by atoms with E-state index in [1.54, 1.807) is 7.11 Å². The van der Waals surface area contributed by atoms with Crippen LogP contribution in [0.5, 0.6) is 5.75 Å². The molecule has 0 spiro atoms. The van der Waals surface area contributed by atoms with Crippen molar-refractivity contribution in [2.45, 2.75) is 23.4 Å². The molecule has 1 aliphatic heterocycles. The average molecular weight is 458 g/mol. The van der Waals surface area contributed by atoms with Crippen molar-refractivity contribution in [1.82, 2.24) is 14.9 Å². The summed E-state index contributed by atoms with van der Waals surface area (Å²) in [5.74, 6) is 1.18. The summed E-state index contributed by atoms with van der Waals surface area (Å²) in [6, 6.07) is 25.2. The number of amides is 1. The molecular formula is C25H23N5O2S. The SMILES string of the molecule is COc1ccccc1NC(=O)[C@@H]1Sc2nnc(-c3ccccc3)n2N[C@@H]1c1ccc(C)cc1. The molecule has 1 aliphatic rings. The summed E-state index contributed by atoms with van der Waals surface area (Å²) in [6.07, 6.45) is 0. The van der Waals surface area contributed by atoms with Crippen molar-refractivity contribution in [1.29, 1.82) is 0 Å². The first-order valence-electron chi connectivity index (χ1n) is 10.6. The summed E-state index contributed by atoms with van der Waals surface area (Å²) in [6.45, 7) is 2.05. The van der Waals surface area contributed by atoms with Crippen molar-refractivity contribution in [2.24, 2.45) is 0 Å². The standard InChI is InChI=1S/C25H23N5O2S/c1-16-12-14-17(15-13-16)21-22(24(31)26-19-10-6-7-11-20(19)32-2)33-25-28-27-23(30(25)29-21)18-8-4-3-5-9-18/h3-15,21-22,29H,1-2H3,(H,26,31)/t21-,22-/m1/s1. The molecule has 0 unspecified atom stereocenters. The minimum Gasteiger partial charge on any atom is -0.495 e. The zero-order valence-electron chi connectivity index (χ0n) is 18.2. The van der Waals surface area contributed by atoms with Gasteiger partial charge in [-0.05, 0) is 24.6 Å². The number of aryl methyl sites for hydroxylation is 1. The molecule has 2 N–H and O–H groups in total. The van der Waals surface area contributed by atoms with Crippen molar-refractivity contribution in [3.8, 4) is 17.1 Å². The molecule has 0 saturated heterocycles. The van der Waals surface area contributed by atoms with Crippen LogP contribution in [0.4, 0.5) is 5.69 Å². The number of nitrogens with one attached hydrogen (secondary N) is 2. The summed E-state index contributed by atoms with van der Waals surface area (Å²) < 4.78 is 7.28. The molecule has 33 heavy (non-hydrogen) atoms. The van der Waals surface area contributed by atoms with E-state index < -0.39 is 5.25 Å². The lowest BCUT2D eigenvalue weighted by Gasteiger charge is -2.33. The Balaban J connectivity index is 1.52. The highest BCUT2D eigenvalue weighted by Gasteiger charge is 2.38. The molecule has 0 fully saturated rings. The van der Waals surface area contributed by atoms with Crippen LogP contribution in [0.25, 0.3) is 11.4 Å². The maximum atomic E-state index is 13.5. The van der Waals surface area contributed by atoms with Gasteiger partial charge in [-0.2, -0.15) is 0 Å². The maximum Gasteiger partial charge on any atom is 0.240 e. The second-order valence-corrected chi connectivity index (χ2v) is 8.86. The Labute approximate surface area is 196 Å². The molecule has 166 valence electrons. The van der Waals surface area contributed by atoms with Gasteiger partial charge in [-0.25, -0.2) is 4.68 Å². The molecule has 1 amide bonds. The van der Waals surface area contributed by atoms with Crippen LogP contribution in [0.2, 0.25) is 0 Å². The fourth-order valence-electron chi connectivity index (χ4n) is 3.81. The topological polar surface area (TPSA) is 81.1 Å². The van der Waals surface area contributed by atoms with E-state index in [-0.39, 0.29) is 11.9 Å². The molecule has 2 atom stereocenters. The Morgan fingerprint density at radius 1 is 1.00 bits per heavy atom. The second kappa shape index (κ2) is 8.99. The molecule has 3 aromatic carbocycles. The lowest BCUT2D eigenvalue weighted by molar-refractivity contribution is -0.116. The number of benzene rings is 3. The van der Waals surface area contributed by atoms with Crippen LogP contribution in [0, 0.1) is 6.92 Å². The van der Waals surface area contributed by atoms with Crippen molar-refractivity contribution < 1.29 is 9.53 Å². The molecule has 0 aliphatic carbocycles. The van der Waals surface area contributed by atoms with Crippen LogP contribution >= 0.6 is 11.8 Å². The van der Waals surface area contributed by atoms with Crippen LogP contribution in [0.3, 0.4) is 0 Å². The Kier molecular flexibility index (Phi) is 5.75. The van der Waals surface area contributed by atoms with Gasteiger partial charge in [-0.3, -0.25) is 4.79 Å². The fourth-order valence-corrected chi connectivity index (χ4v) is 4.88. The Morgan fingerprint density at radius 2 is 1.73 bits per heavy atom. The number of rotatable bonds is 5. The first kappa shape index (κ1) is 21.1. The molecule has 0 saturated carbocycles. The third-order valence-electron chi connectivity index (χ3n) is 5.53. The van der Waals surface area contributed by atoms with E-state index in [1.807, 2.05) is 66.2 Å². The van der Waals surface area contributed by atoms with Crippen molar-refractivity contribution in [2.75, 3.05) is 17.9 Å². The first-order chi connectivity index (χ1) is 16.1. The van der Waals surface area contributed by atoms with E-state index in [9.17, 15) is 4.79 Å². The smallest absolute Gasteiger partial charge is 0.240 e. The van der Waals surface area contributed by atoms with Crippen molar-refractivity contribution >= 4 is 23.4 Å². The van der Waals surface area contributed by atoms with Crippen molar-refractivity contribution in [3.05, 3.63) is 90.0 Å². The number of fused-ring (bicyclic) bond motifs is 1. The van der Waals surface area contributed by atoms with Gasteiger partial charge >= 0.3 is 0 Å². The zero-order valence-corrected chi connectivity index (χ0v) is 19.0. The normalized spacial score (nSPS) is 17.0. The number of nitrogens with zero attached hydrogens (tertiary/aromatic N) is 3. The molecule has 0 bridgehead atoms. The highest BCUT2D eigenvalue weighted by Crippen LogP contribution is 2.39. The molecule has 1 aromatic heterocycles. The average Bonchev–Trinajstić information content (AvgIpc) is 3.27. The van der Waals surface area contributed by atoms with Gasteiger partial charge in [0.25, 0.3) is 0 Å². The van der Waals surface area contributed by atoms with E-state index in [2.05, 4.69) is 45.2 Å². The van der Waals surface area contributed by atoms with E-state index >= 15 is 0 Å². The molecule has 8 heteroatoms. The summed E-state index contributed by atoms with van der Waals surface area (Å²) in [5, 5.41) is 11.9. The van der Waals surface area contributed by atoms with Gasteiger partial charge < -0.3 is 15.5 Å². The van der Waals surface area contributed by atoms with Gasteiger partial charge in [0.2, 0.25) is 11.1 Å². The van der Waals surface area contributed by atoms with Crippen LogP contribution in [0.1, 0.15) is 17.2 Å².